The standard InChI is InChI=1S/C29H38F2N4O7/c1-7-17(28(2,30)31)33-11-13-10-16(34(3)4)14-8-12-9-15-21(35(5)6)24(38)20(27(32)41)26(40)29(15,42)25(39)18(12)23(37)19(14)22(13)36/h10,12,15,17,21,33,36,38-39,42H,7-9,11H2,1-6H3,(H2,32,41)/t12-,15-,17?,21?,29-/m0/s1. The maximum Gasteiger partial charge on any atom is 0.260 e. The first-order chi connectivity index (χ1) is 19.4. The van der Waals surface area contributed by atoms with E-state index in [1.54, 1.807) is 46.1 Å². The number of aliphatic hydroxyl groups is 3. The molecule has 1 amide bonds. The van der Waals surface area contributed by atoms with Gasteiger partial charge in [-0.1, -0.05) is 6.92 Å². The second-order valence-corrected chi connectivity index (χ2v) is 11.9. The Morgan fingerprint density at radius 1 is 1.21 bits per heavy atom. The topological polar surface area (TPSA) is 177 Å². The number of fused-ring (bicyclic) bond motifs is 3. The summed E-state index contributed by atoms with van der Waals surface area (Å²) in [5, 5.41) is 48.1. The van der Waals surface area contributed by atoms with E-state index in [9.17, 15) is 43.6 Å². The van der Waals surface area contributed by atoms with Crippen molar-refractivity contribution in [2.24, 2.45) is 17.6 Å². The molecule has 1 aromatic rings. The molecule has 0 fully saturated rings. The Hall–Kier alpha value is -3.55. The summed E-state index contributed by atoms with van der Waals surface area (Å²) in [6, 6.07) is -0.671. The van der Waals surface area contributed by atoms with Crippen molar-refractivity contribution < 1.29 is 43.6 Å². The average Bonchev–Trinajstić information content (AvgIpc) is 2.86. The fourth-order valence-corrected chi connectivity index (χ4v) is 6.80. The van der Waals surface area contributed by atoms with Crippen LogP contribution in [-0.2, 0) is 22.6 Å². The zero-order chi connectivity index (χ0) is 31.6. The largest absolute Gasteiger partial charge is 0.510 e. The van der Waals surface area contributed by atoms with Crippen molar-refractivity contribution in [2.75, 3.05) is 33.1 Å². The molecule has 0 radical (unpaired) electrons. The van der Waals surface area contributed by atoms with Crippen LogP contribution in [0.15, 0.2) is 28.7 Å². The molecule has 11 nitrogen and oxygen atoms in total. The smallest absolute Gasteiger partial charge is 0.260 e. The summed E-state index contributed by atoms with van der Waals surface area (Å²) in [7, 11) is 6.56. The van der Waals surface area contributed by atoms with E-state index < -0.39 is 75.8 Å². The molecule has 0 bridgehead atoms. The van der Waals surface area contributed by atoms with Gasteiger partial charge in [0.1, 0.15) is 22.8 Å². The normalized spacial score (nSPS) is 26.7. The van der Waals surface area contributed by atoms with Crippen molar-refractivity contribution in [3.05, 3.63) is 45.4 Å². The van der Waals surface area contributed by atoms with E-state index in [0.29, 0.717) is 11.3 Å². The predicted molar refractivity (Wildman–Crippen MR) is 150 cm³/mol. The van der Waals surface area contributed by atoms with Gasteiger partial charge in [-0.25, -0.2) is 8.78 Å². The summed E-state index contributed by atoms with van der Waals surface area (Å²) in [6.07, 6.45) is 0.191. The van der Waals surface area contributed by atoms with Gasteiger partial charge >= 0.3 is 0 Å². The van der Waals surface area contributed by atoms with Crippen LogP contribution in [-0.4, -0.2) is 94.6 Å². The van der Waals surface area contributed by atoms with Gasteiger partial charge < -0.3 is 36.4 Å². The number of carbonyl (C=O) groups excluding carboxylic acids is 3. The molecular weight excluding hydrogens is 554 g/mol. The van der Waals surface area contributed by atoms with Crippen molar-refractivity contribution in [2.45, 2.75) is 63.3 Å². The molecule has 0 saturated carbocycles. The molecule has 42 heavy (non-hydrogen) atoms. The summed E-state index contributed by atoms with van der Waals surface area (Å²) in [6.45, 7) is 2.20. The number of primary amides is 1. The number of carbonyl (C=O) groups is 3. The number of hydrogen-bond acceptors (Lipinski definition) is 10. The molecule has 0 aliphatic heterocycles. The van der Waals surface area contributed by atoms with E-state index >= 15 is 0 Å². The number of hydrogen-bond donors (Lipinski definition) is 6. The number of nitrogens with two attached hydrogens (primary N) is 1. The third kappa shape index (κ3) is 4.63. The minimum Gasteiger partial charge on any atom is -0.510 e. The summed E-state index contributed by atoms with van der Waals surface area (Å²) in [4.78, 5) is 42.9. The highest BCUT2D eigenvalue weighted by Crippen LogP contribution is 2.53. The van der Waals surface area contributed by atoms with Crippen LogP contribution in [0.25, 0.3) is 0 Å². The molecule has 230 valence electrons. The van der Waals surface area contributed by atoms with Gasteiger partial charge in [0, 0.05) is 50.3 Å². The third-order valence-corrected chi connectivity index (χ3v) is 8.82. The van der Waals surface area contributed by atoms with Crippen molar-refractivity contribution >= 4 is 23.2 Å². The number of Topliss-reactive ketones (excluding diaryl/α,β-unsaturated/α-hetero) is 2. The van der Waals surface area contributed by atoms with Crippen molar-refractivity contribution in [3.63, 3.8) is 0 Å². The number of aromatic hydroxyl groups is 1. The lowest BCUT2D eigenvalue weighted by Gasteiger charge is -2.50. The second-order valence-electron chi connectivity index (χ2n) is 11.9. The SMILES string of the molecule is CCC(NCc1cc(N(C)C)c2c(c1O)C(=O)C1=C(O)[C@]3(O)C(=O)C(C(N)=O)=C(O)C(N(C)C)[C@@H]3C[C@@H]1C2)C(C)(F)F. The molecule has 3 aliphatic carbocycles. The Bertz CT molecular complexity index is 1420. The Morgan fingerprint density at radius 3 is 2.33 bits per heavy atom. The monoisotopic (exact) mass is 592 g/mol. The number of ketones is 2. The molecule has 13 heteroatoms. The number of nitrogens with zero attached hydrogens (tertiary/aromatic N) is 2. The fourth-order valence-electron chi connectivity index (χ4n) is 6.80. The van der Waals surface area contributed by atoms with Gasteiger partial charge in [-0.15, -0.1) is 0 Å². The van der Waals surface area contributed by atoms with Crippen LogP contribution in [0.4, 0.5) is 14.5 Å². The van der Waals surface area contributed by atoms with Crippen LogP contribution in [0.5, 0.6) is 5.75 Å². The highest BCUT2D eigenvalue weighted by atomic mass is 19.3. The molecule has 5 atom stereocenters. The van der Waals surface area contributed by atoms with Crippen molar-refractivity contribution in [1.82, 2.24) is 10.2 Å². The van der Waals surface area contributed by atoms with Crippen LogP contribution in [0, 0.1) is 11.8 Å². The van der Waals surface area contributed by atoms with E-state index in [1.807, 2.05) is 0 Å². The molecule has 4 rings (SSSR count). The van der Waals surface area contributed by atoms with E-state index in [1.165, 1.54) is 4.90 Å². The fraction of sp³-hybridized carbons (Fsp3) is 0.552. The van der Waals surface area contributed by atoms with Gasteiger partial charge in [-0.3, -0.25) is 19.3 Å². The first-order valence-corrected chi connectivity index (χ1v) is 13.7. The molecule has 2 unspecified atom stereocenters. The van der Waals surface area contributed by atoms with E-state index in [-0.39, 0.29) is 42.5 Å². The lowest BCUT2D eigenvalue weighted by atomic mass is 9.58. The number of rotatable bonds is 8. The highest BCUT2D eigenvalue weighted by Gasteiger charge is 2.63. The number of phenolic OH excluding ortho intramolecular Hbond substituents is 1. The van der Waals surface area contributed by atoms with Crippen LogP contribution in [0.1, 0.15) is 48.2 Å². The summed E-state index contributed by atoms with van der Waals surface area (Å²) < 4.78 is 28.0. The predicted octanol–water partition coefficient (Wildman–Crippen LogP) is 1.71. The van der Waals surface area contributed by atoms with Gasteiger partial charge in [-0.05, 0) is 50.9 Å². The average molecular weight is 593 g/mol. The summed E-state index contributed by atoms with van der Waals surface area (Å²) in [5.74, 6) is -10.4. The first kappa shape index (κ1) is 31.4. The third-order valence-electron chi connectivity index (χ3n) is 8.82. The number of likely N-dealkylation sites (N-methyl/N-ethyl adjacent to an activating group) is 1. The molecule has 0 saturated heterocycles. The van der Waals surface area contributed by atoms with Crippen molar-refractivity contribution in [3.8, 4) is 5.75 Å². The van der Waals surface area contributed by atoms with Gasteiger partial charge in [0.15, 0.2) is 11.4 Å². The second kappa shape index (κ2) is 10.6. The zero-order valence-electron chi connectivity index (χ0n) is 24.5. The molecule has 0 spiro atoms. The maximum atomic E-state index is 14.1. The van der Waals surface area contributed by atoms with E-state index in [0.717, 1.165) is 6.92 Å². The van der Waals surface area contributed by atoms with E-state index in [2.05, 4.69) is 5.32 Å². The lowest BCUT2D eigenvalue weighted by molar-refractivity contribution is -0.148. The molecule has 7 N–H and O–H groups in total. The minimum atomic E-state index is -3.04. The van der Waals surface area contributed by atoms with E-state index in [4.69, 9.17) is 5.73 Å². The Morgan fingerprint density at radius 2 is 1.83 bits per heavy atom. The molecular formula is C29H38F2N4O7. The number of benzene rings is 1. The summed E-state index contributed by atoms with van der Waals surface area (Å²) >= 11 is 0. The quantitative estimate of drug-likeness (QED) is 0.244. The van der Waals surface area contributed by atoms with Crippen LogP contribution in [0.2, 0.25) is 0 Å². The van der Waals surface area contributed by atoms with Crippen LogP contribution in [0.3, 0.4) is 0 Å². The number of aliphatic hydroxyl groups excluding tert-OH is 2. The zero-order valence-corrected chi connectivity index (χ0v) is 24.5. The number of nitrogens with one attached hydrogen (secondary N) is 1. The minimum absolute atomic E-state index is 0.0353. The Balaban J connectivity index is 1.89. The van der Waals surface area contributed by atoms with Gasteiger partial charge in [-0.2, -0.15) is 0 Å². The van der Waals surface area contributed by atoms with Gasteiger partial charge in [0.05, 0.1) is 17.6 Å². The van der Waals surface area contributed by atoms with Gasteiger partial charge in [0.25, 0.3) is 11.8 Å². The molecule has 0 heterocycles. The van der Waals surface area contributed by atoms with Crippen LogP contribution >= 0.6 is 0 Å². The number of allylic oxidation sites excluding steroid dienone is 1. The number of alkyl halides is 2. The van der Waals surface area contributed by atoms with Gasteiger partial charge in [0.2, 0.25) is 5.78 Å². The number of phenols is 1. The molecule has 1 aromatic carbocycles. The van der Waals surface area contributed by atoms with Crippen molar-refractivity contribution in [1.29, 1.82) is 0 Å². The Labute approximate surface area is 242 Å². The number of amides is 1. The Kier molecular flexibility index (Phi) is 7.94. The number of anilines is 1. The molecule has 0 aromatic heterocycles. The molecule has 3 aliphatic rings. The first-order valence-electron chi connectivity index (χ1n) is 13.7. The van der Waals surface area contributed by atoms with Crippen LogP contribution < -0.4 is 16.0 Å². The highest BCUT2D eigenvalue weighted by molar-refractivity contribution is 6.24. The lowest BCUT2D eigenvalue weighted by Crippen LogP contribution is -2.63. The summed E-state index contributed by atoms with van der Waals surface area (Å²) in [5.41, 5.74) is 2.45. The maximum absolute atomic E-state index is 14.1. The number of halogens is 2.